The van der Waals surface area contributed by atoms with Crippen LogP contribution in [0.3, 0.4) is 0 Å². The molecule has 0 saturated heterocycles. The molecule has 0 aliphatic rings. The Morgan fingerprint density at radius 2 is 1.82 bits per heavy atom. The zero-order valence-electron chi connectivity index (χ0n) is 13.1. The number of amides is 1. The molecule has 1 amide bonds. The van der Waals surface area contributed by atoms with Crippen LogP contribution in [-0.4, -0.2) is 12.5 Å². The molecule has 2 rings (SSSR count). The largest absolute Gasteiger partial charge is 0.376 e. The second-order valence-corrected chi connectivity index (χ2v) is 5.60. The van der Waals surface area contributed by atoms with Gasteiger partial charge >= 0.3 is 0 Å². The molecule has 2 aromatic rings. The van der Waals surface area contributed by atoms with E-state index >= 15 is 0 Å². The normalized spacial score (nSPS) is 10.6. The Labute approximate surface area is 130 Å². The fourth-order valence-electron chi connectivity index (χ4n) is 2.28. The van der Waals surface area contributed by atoms with Crippen LogP contribution in [-0.2, 0) is 4.79 Å². The van der Waals surface area contributed by atoms with Crippen molar-refractivity contribution in [2.45, 2.75) is 26.7 Å². The van der Waals surface area contributed by atoms with Crippen LogP contribution in [0.2, 0.25) is 0 Å². The summed E-state index contributed by atoms with van der Waals surface area (Å²) in [4.78, 5) is 12.1. The van der Waals surface area contributed by atoms with Crippen molar-refractivity contribution in [1.29, 1.82) is 0 Å². The van der Waals surface area contributed by atoms with E-state index < -0.39 is 0 Å². The third kappa shape index (κ3) is 4.07. The monoisotopic (exact) mass is 300 g/mol. The van der Waals surface area contributed by atoms with E-state index in [4.69, 9.17) is 0 Å². The van der Waals surface area contributed by atoms with Gasteiger partial charge in [-0.2, -0.15) is 0 Å². The molecule has 2 aromatic carbocycles. The molecule has 4 heteroatoms. The first kappa shape index (κ1) is 16.0. The summed E-state index contributed by atoms with van der Waals surface area (Å²) < 4.78 is 12.8. The average molecular weight is 300 g/mol. The second-order valence-electron chi connectivity index (χ2n) is 5.60. The lowest BCUT2D eigenvalue weighted by molar-refractivity contribution is -0.114. The van der Waals surface area contributed by atoms with Gasteiger partial charge in [-0.05, 0) is 48.2 Å². The van der Waals surface area contributed by atoms with Crippen molar-refractivity contribution in [2.75, 3.05) is 17.2 Å². The van der Waals surface area contributed by atoms with Crippen LogP contribution in [0.5, 0.6) is 0 Å². The second kappa shape index (κ2) is 7.07. The van der Waals surface area contributed by atoms with Crippen molar-refractivity contribution >= 4 is 17.3 Å². The number of carbonyl (C=O) groups excluding carboxylic acids is 1. The Hall–Kier alpha value is -2.36. The minimum absolute atomic E-state index is 0.125. The summed E-state index contributed by atoms with van der Waals surface area (Å²) in [5.74, 6) is -0.0859. The molecule has 0 radical (unpaired) electrons. The summed E-state index contributed by atoms with van der Waals surface area (Å²) in [6, 6.07) is 11.9. The van der Waals surface area contributed by atoms with Gasteiger partial charge < -0.3 is 10.6 Å². The smallest absolute Gasteiger partial charge is 0.243 e. The van der Waals surface area contributed by atoms with Gasteiger partial charge in [0.1, 0.15) is 5.82 Å². The first-order chi connectivity index (χ1) is 10.5. The van der Waals surface area contributed by atoms with Crippen LogP contribution in [0.15, 0.2) is 42.5 Å². The number of benzene rings is 2. The fraction of sp³-hybridized carbons (Fsp3) is 0.278. The zero-order valence-corrected chi connectivity index (χ0v) is 13.1. The van der Waals surface area contributed by atoms with E-state index in [-0.39, 0.29) is 18.3 Å². The van der Waals surface area contributed by atoms with Gasteiger partial charge in [0.05, 0.1) is 6.54 Å². The summed E-state index contributed by atoms with van der Waals surface area (Å²) in [7, 11) is 0. The molecule has 0 aromatic heterocycles. The maximum absolute atomic E-state index is 12.8. The van der Waals surface area contributed by atoms with Crippen LogP contribution >= 0.6 is 0 Å². The predicted octanol–water partition coefficient (Wildman–Crippen LogP) is 4.31. The minimum Gasteiger partial charge on any atom is -0.376 e. The fourth-order valence-corrected chi connectivity index (χ4v) is 2.28. The number of para-hydroxylation sites is 1. The number of rotatable bonds is 5. The van der Waals surface area contributed by atoms with E-state index in [0.29, 0.717) is 11.6 Å². The van der Waals surface area contributed by atoms with E-state index in [2.05, 4.69) is 24.5 Å². The number of hydrogen-bond acceptors (Lipinski definition) is 2. The molecule has 0 spiro atoms. The number of nitrogens with one attached hydrogen (secondary N) is 2. The first-order valence-corrected chi connectivity index (χ1v) is 7.36. The van der Waals surface area contributed by atoms with E-state index in [0.717, 1.165) is 16.8 Å². The third-order valence-electron chi connectivity index (χ3n) is 3.49. The lowest BCUT2D eigenvalue weighted by Crippen LogP contribution is -2.23. The number of hydrogen-bond donors (Lipinski definition) is 2. The zero-order chi connectivity index (χ0) is 16.1. The molecule has 116 valence electrons. The highest BCUT2D eigenvalue weighted by atomic mass is 19.1. The number of halogens is 1. The Balaban J connectivity index is 2.02. The molecule has 0 aliphatic heterocycles. The van der Waals surface area contributed by atoms with Gasteiger partial charge in [-0.25, -0.2) is 4.39 Å². The minimum atomic E-state index is -0.295. The summed E-state index contributed by atoms with van der Waals surface area (Å²) in [6.45, 7) is 6.31. The van der Waals surface area contributed by atoms with Crippen molar-refractivity contribution in [1.82, 2.24) is 0 Å². The first-order valence-electron chi connectivity index (χ1n) is 7.36. The molecule has 0 bridgehead atoms. The average Bonchev–Trinajstić information content (AvgIpc) is 2.48. The lowest BCUT2D eigenvalue weighted by Gasteiger charge is -2.16. The van der Waals surface area contributed by atoms with Gasteiger partial charge in [0.15, 0.2) is 0 Å². The molecule has 3 nitrogen and oxygen atoms in total. The summed E-state index contributed by atoms with van der Waals surface area (Å²) in [6.07, 6.45) is 0. The van der Waals surface area contributed by atoms with E-state index in [1.165, 1.54) is 12.1 Å². The molecule has 0 aliphatic carbocycles. The van der Waals surface area contributed by atoms with Gasteiger partial charge in [-0.3, -0.25) is 4.79 Å². The van der Waals surface area contributed by atoms with Gasteiger partial charge in [0.2, 0.25) is 5.91 Å². The highest BCUT2D eigenvalue weighted by Gasteiger charge is 2.11. The Kier molecular flexibility index (Phi) is 5.15. The molecule has 0 unspecified atom stereocenters. The van der Waals surface area contributed by atoms with Gasteiger partial charge in [-0.1, -0.05) is 32.0 Å². The lowest BCUT2D eigenvalue weighted by atomic mass is 9.98. The van der Waals surface area contributed by atoms with Crippen molar-refractivity contribution in [3.8, 4) is 0 Å². The van der Waals surface area contributed by atoms with Crippen molar-refractivity contribution in [3.63, 3.8) is 0 Å². The molecule has 2 N–H and O–H groups in total. The molecule has 0 saturated carbocycles. The van der Waals surface area contributed by atoms with E-state index in [1.807, 2.05) is 25.1 Å². The predicted molar refractivity (Wildman–Crippen MR) is 88.8 cm³/mol. The Bertz CT molecular complexity index is 651. The van der Waals surface area contributed by atoms with Gasteiger partial charge in [-0.15, -0.1) is 0 Å². The van der Waals surface area contributed by atoms with Crippen molar-refractivity contribution < 1.29 is 9.18 Å². The quantitative estimate of drug-likeness (QED) is 0.864. The van der Waals surface area contributed by atoms with Crippen molar-refractivity contribution in [3.05, 3.63) is 59.4 Å². The molecule has 0 heterocycles. The van der Waals surface area contributed by atoms with Crippen LogP contribution in [0.4, 0.5) is 15.8 Å². The third-order valence-corrected chi connectivity index (χ3v) is 3.49. The number of carbonyl (C=O) groups is 1. The van der Waals surface area contributed by atoms with Crippen LogP contribution in [0.1, 0.15) is 30.9 Å². The maximum atomic E-state index is 12.8. The van der Waals surface area contributed by atoms with E-state index in [9.17, 15) is 9.18 Å². The highest BCUT2D eigenvalue weighted by Crippen LogP contribution is 2.27. The molecular weight excluding hydrogens is 279 g/mol. The molecule has 0 atom stereocenters. The summed E-state index contributed by atoms with van der Waals surface area (Å²) in [5.41, 5.74) is 3.75. The van der Waals surface area contributed by atoms with E-state index in [1.54, 1.807) is 12.1 Å². The maximum Gasteiger partial charge on any atom is 0.243 e. The Morgan fingerprint density at radius 1 is 1.14 bits per heavy atom. The van der Waals surface area contributed by atoms with Crippen LogP contribution < -0.4 is 10.6 Å². The molecule has 0 fully saturated rings. The standard InChI is InChI=1S/C18H21FN2O/c1-12(2)16-6-4-5-13(3)18(16)21-17(22)11-20-15-9-7-14(19)8-10-15/h4-10,12,20H,11H2,1-3H3,(H,21,22). The highest BCUT2D eigenvalue weighted by molar-refractivity contribution is 5.95. The van der Waals surface area contributed by atoms with Crippen molar-refractivity contribution in [2.24, 2.45) is 0 Å². The van der Waals surface area contributed by atoms with Crippen LogP contribution in [0.25, 0.3) is 0 Å². The number of anilines is 2. The SMILES string of the molecule is Cc1cccc(C(C)C)c1NC(=O)CNc1ccc(F)cc1. The molecular formula is C18H21FN2O. The van der Waals surface area contributed by atoms with Crippen LogP contribution in [0, 0.1) is 12.7 Å². The number of aryl methyl sites for hydroxylation is 1. The topological polar surface area (TPSA) is 41.1 Å². The van der Waals surface area contributed by atoms with Gasteiger partial charge in [0, 0.05) is 11.4 Å². The molecule has 22 heavy (non-hydrogen) atoms. The summed E-state index contributed by atoms with van der Waals surface area (Å²) >= 11 is 0. The van der Waals surface area contributed by atoms with Gasteiger partial charge in [0.25, 0.3) is 0 Å². The Morgan fingerprint density at radius 3 is 2.45 bits per heavy atom. The summed E-state index contributed by atoms with van der Waals surface area (Å²) in [5, 5.41) is 5.95.